The van der Waals surface area contributed by atoms with Crippen LogP contribution in [-0.4, -0.2) is 35.6 Å². The van der Waals surface area contributed by atoms with Gasteiger partial charge in [-0.15, -0.1) is 0 Å². The number of likely N-dealkylation sites (N-methyl/N-ethyl adjacent to an activating group) is 1. The normalized spacial score (nSPS) is 15.2. The van der Waals surface area contributed by atoms with Crippen molar-refractivity contribution < 1.29 is 42.0 Å². The maximum Gasteiger partial charge on any atom is 0.285 e. The zero-order valence-electron chi connectivity index (χ0n) is 15.6. The standard InChI is InChI=1S/C19H27N3O.Y/c1-7-22(8-2,9-3)19(10-11-19)18(23)21-17-14(4)12-16(20-6)13-15(17)5;/h12-13H,7-11H2,1-5H3;/p+1. The number of rotatable bonds is 6. The van der Waals surface area contributed by atoms with Crippen LogP contribution in [0, 0.1) is 20.4 Å². The minimum atomic E-state index is -0.268. The van der Waals surface area contributed by atoms with Crippen LogP contribution in [0.5, 0.6) is 0 Å². The molecule has 0 heterocycles. The summed E-state index contributed by atoms with van der Waals surface area (Å²) >= 11 is 0. The molecule has 1 N–H and O–H groups in total. The molecule has 0 aliphatic heterocycles. The summed E-state index contributed by atoms with van der Waals surface area (Å²) < 4.78 is 0.858. The molecule has 1 aliphatic carbocycles. The van der Waals surface area contributed by atoms with E-state index in [1.807, 2.05) is 26.0 Å². The van der Waals surface area contributed by atoms with Gasteiger partial charge in [0.05, 0.1) is 26.2 Å². The van der Waals surface area contributed by atoms with Gasteiger partial charge in [-0.2, -0.15) is 0 Å². The molecule has 0 spiro atoms. The molecule has 1 radical (unpaired) electrons. The number of carbonyl (C=O) groups is 1. The van der Waals surface area contributed by atoms with Crippen molar-refractivity contribution in [3.05, 3.63) is 34.7 Å². The summed E-state index contributed by atoms with van der Waals surface area (Å²) in [6.45, 7) is 20.6. The Bertz CT molecular complexity index is 624. The van der Waals surface area contributed by atoms with E-state index in [1.165, 1.54) is 0 Å². The Hall–Kier alpha value is -0.756. The first-order valence-electron chi connectivity index (χ1n) is 8.56. The van der Waals surface area contributed by atoms with Crippen molar-refractivity contribution in [1.29, 1.82) is 0 Å². The van der Waals surface area contributed by atoms with Crippen LogP contribution in [0.1, 0.15) is 44.7 Å². The number of aryl methyl sites for hydroxylation is 2. The van der Waals surface area contributed by atoms with Crippen LogP contribution in [0.4, 0.5) is 11.4 Å². The number of quaternary nitrogens is 1. The van der Waals surface area contributed by atoms with Gasteiger partial charge >= 0.3 is 0 Å². The molecule has 127 valence electrons. The van der Waals surface area contributed by atoms with Crippen molar-refractivity contribution in [2.75, 3.05) is 25.0 Å². The summed E-state index contributed by atoms with van der Waals surface area (Å²) in [6.07, 6.45) is 1.93. The monoisotopic (exact) mass is 403 g/mol. The van der Waals surface area contributed by atoms with Crippen LogP contribution < -0.4 is 5.32 Å². The zero-order chi connectivity index (χ0) is 17.3. The van der Waals surface area contributed by atoms with Crippen LogP contribution in [0.2, 0.25) is 0 Å². The summed E-state index contributed by atoms with van der Waals surface area (Å²) in [5.41, 5.74) is 3.15. The molecular formula is C19H28N3OY+. The Labute approximate surface area is 171 Å². The van der Waals surface area contributed by atoms with Gasteiger partial charge in [-0.3, -0.25) is 4.79 Å². The SMILES string of the molecule is [C-]#[N+]c1cc(C)c(NC(=O)C2([N+](CC)(CC)CC)CC2)c(C)c1.[Y]. The Morgan fingerprint density at radius 1 is 1.17 bits per heavy atom. The number of benzene rings is 1. The molecular weight excluding hydrogens is 375 g/mol. The number of hydrogen-bond acceptors (Lipinski definition) is 1. The van der Waals surface area contributed by atoms with E-state index in [9.17, 15) is 4.79 Å². The van der Waals surface area contributed by atoms with Gasteiger partial charge in [-0.05, 0) is 45.7 Å². The third-order valence-corrected chi connectivity index (χ3v) is 5.76. The first-order valence-corrected chi connectivity index (χ1v) is 8.56. The third kappa shape index (κ3) is 3.45. The predicted molar refractivity (Wildman–Crippen MR) is 94.7 cm³/mol. The van der Waals surface area contributed by atoms with Gasteiger partial charge in [0.25, 0.3) is 5.91 Å². The number of amides is 1. The van der Waals surface area contributed by atoms with Crippen molar-refractivity contribution in [2.45, 2.75) is 53.0 Å². The van der Waals surface area contributed by atoms with Crippen molar-refractivity contribution in [2.24, 2.45) is 0 Å². The zero-order valence-corrected chi connectivity index (χ0v) is 18.4. The van der Waals surface area contributed by atoms with E-state index >= 15 is 0 Å². The number of carbonyl (C=O) groups excluding carboxylic acids is 1. The molecule has 1 aromatic carbocycles. The van der Waals surface area contributed by atoms with Crippen molar-refractivity contribution >= 4 is 17.3 Å². The molecule has 0 saturated heterocycles. The van der Waals surface area contributed by atoms with Gasteiger partial charge in [0.15, 0.2) is 11.2 Å². The first kappa shape index (κ1) is 21.3. The third-order valence-electron chi connectivity index (χ3n) is 5.76. The largest absolute Gasteiger partial charge is 0.320 e. The Morgan fingerprint density at radius 3 is 1.96 bits per heavy atom. The number of nitrogens with zero attached hydrogens (tertiary/aromatic N) is 2. The van der Waals surface area contributed by atoms with E-state index in [1.54, 1.807) is 0 Å². The number of anilines is 1. The molecule has 1 saturated carbocycles. The maximum absolute atomic E-state index is 13.1. The second kappa shape index (κ2) is 8.08. The van der Waals surface area contributed by atoms with Gasteiger partial charge in [-0.1, -0.05) is 12.1 Å². The summed E-state index contributed by atoms with van der Waals surface area (Å²) in [5.74, 6) is 0.143. The summed E-state index contributed by atoms with van der Waals surface area (Å²) in [5, 5.41) is 3.18. The van der Waals surface area contributed by atoms with Gasteiger partial charge in [0, 0.05) is 51.2 Å². The van der Waals surface area contributed by atoms with Crippen LogP contribution in [0.3, 0.4) is 0 Å². The van der Waals surface area contributed by atoms with Gasteiger partial charge in [0.1, 0.15) is 0 Å². The van der Waals surface area contributed by atoms with E-state index in [0.717, 1.165) is 53.8 Å². The molecule has 1 fully saturated rings. The molecule has 24 heavy (non-hydrogen) atoms. The average molecular weight is 403 g/mol. The Balaban J connectivity index is 0.00000288. The van der Waals surface area contributed by atoms with Crippen molar-refractivity contribution in [3.8, 4) is 0 Å². The van der Waals surface area contributed by atoms with Crippen molar-refractivity contribution in [3.63, 3.8) is 0 Å². The topological polar surface area (TPSA) is 33.5 Å². The van der Waals surface area contributed by atoms with Gasteiger partial charge in [-0.25, -0.2) is 4.85 Å². The molecule has 0 bridgehead atoms. The van der Waals surface area contributed by atoms with Crippen LogP contribution in [0.25, 0.3) is 4.85 Å². The minimum absolute atomic E-state index is 0. The van der Waals surface area contributed by atoms with E-state index in [0.29, 0.717) is 5.69 Å². The van der Waals surface area contributed by atoms with Crippen LogP contribution >= 0.6 is 0 Å². The summed E-state index contributed by atoms with van der Waals surface area (Å²) in [4.78, 5) is 16.6. The molecule has 1 aromatic rings. The quantitative estimate of drug-likeness (QED) is 0.561. The molecule has 1 amide bonds. The fourth-order valence-corrected chi connectivity index (χ4v) is 4.05. The van der Waals surface area contributed by atoms with E-state index in [2.05, 4.69) is 30.9 Å². The minimum Gasteiger partial charge on any atom is -0.320 e. The molecule has 0 unspecified atom stereocenters. The molecule has 2 rings (SSSR count). The average Bonchev–Trinajstić information content (AvgIpc) is 3.35. The van der Waals surface area contributed by atoms with E-state index < -0.39 is 0 Å². The molecule has 0 atom stereocenters. The Morgan fingerprint density at radius 2 is 1.62 bits per heavy atom. The van der Waals surface area contributed by atoms with Gasteiger partial charge in [0.2, 0.25) is 0 Å². The molecule has 4 nitrogen and oxygen atoms in total. The van der Waals surface area contributed by atoms with Crippen LogP contribution in [0.15, 0.2) is 12.1 Å². The molecule has 1 aliphatic rings. The fourth-order valence-electron chi connectivity index (χ4n) is 4.05. The summed E-state index contributed by atoms with van der Waals surface area (Å²) in [6, 6.07) is 3.69. The second-order valence-corrected chi connectivity index (χ2v) is 6.65. The number of nitrogens with one attached hydrogen (secondary N) is 1. The second-order valence-electron chi connectivity index (χ2n) is 6.65. The first-order chi connectivity index (χ1) is 10.9. The van der Waals surface area contributed by atoms with Gasteiger partial charge < -0.3 is 9.80 Å². The Kier molecular flexibility index (Phi) is 7.17. The molecule has 0 aromatic heterocycles. The van der Waals surface area contributed by atoms with Crippen LogP contribution in [-0.2, 0) is 37.5 Å². The summed E-state index contributed by atoms with van der Waals surface area (Å²) in [7, 11) is 0. The predicted octanol–water partition coefficient (Wildman–Crippen LogP) is 4.20. The van der Waals surface area contributed by atoms with E-state index in [-0.39, 0.29) is 44.2 Å². The van der Waals surface area contributed by atoms with E-state index in [4.69, 9.17) is 6.57 Å². The number of hydrogen-bond donors (Lipinski definition) is 1. The maximum atomic E-state index is 13.1. The fraction of sp³-hybridized carbons (Fsp3) is 0.579. The smallest absolute Gasteiger partial charge is 0.285 e. The molecule has 5 heteroatoms. The van der Waals surface area contributed by atoms with Crippen molar-refractivity contribution in [1.82, 2.24) is 0 Å².